The SMILES string of the molecule is CCCCC(C(=O)O)c1cnc(C(F)(F)F)s1. The van der Waals surface area contributed by atoms with E-state index in [0.29, 0.717) is 24.2 Å². The average molecular weight is 267 g/mol. The molecular formula is C10H12F3NO2S. The zero-order valence-electron chi connectivity index (χ0n) is 9.12. The number of carboxylic acid groups (broad SMARTS) is 1. The summed E-state index contributed by atoms with van der Waals surface area (Å²) in [4.78, 5) is 14.4. The van der Waals surface area contributed by atoms with E-state index in [-0.39, 0.29) is 4.88 Å². The molecular weight excluding hydrogens is 255 g/mol. The number of thiazole rings is 1. The van der Waals surface area contributed by atoms with E-state index in [1.807, 2.05) is 6.92 Å². The number of halogens is 3. The van der Waals surface area contributed by atoms with Gasteiger partial charge in [0.1, 0.15) is 0 Å². The van der Waals surface area contributed by atoms with Gasteiger partial charge in [0.15, 0.2) is 5.01 Å². The molecule has 0 fully saturated rings. The molecule has 96 valence electrons. The Balaban J connectivity index is 2.88. The van der Waals surface area contributed by atoms with Crippen molar-refractivity contribution in [3.8, 4) is 0 Å². The lowest BCUT2D eigenvalue weighted by molar-refractivity contribution is -0.139. The number of aromatic nitrogens is 1. The number of hydrogen-bond donors (Lipinski definition) is 1. The molecule has 0 aliphatic heterocycles. The largest absolute Gasteiger partial charge is 0.481 e. The van der Waals surface area contributed by atoms with Gasteiger partial charge in [-0.15, -0.1) is 11.3 Å². The van der Waals surface area contributed by atoms with Crippen molar-refractivity contribution in [1.29, 1.82) is 0 Å². The molecule has 1 rings (SSSR count). The molecule has 0 spiro atoms. The van der Waals surface area contributed by atoms with Crippen LogP contribution in [-0.4, -0.2) is 16.1 Å². The zero-order valence-corrected chi connectivity index (χ0v) is 9.94. The van der Waals surface area contributed by atoms with Gasteiger partial charge in [-0.25, -0.2) is 4.98 Å². The van der Waals surface area contributed by atoms with Crippen molar-refractivity contribution < 1.29 is 23.1 Å². The fourth-order valence-corrected chi connectivity index (χ4v) is 2.29. The highest BCUT2D eigenvalue weighted by atomic mass is 32.1. The fourth-order valence-electron chi connectivity index (χ4n) is 1.37. The normalized spacial score (nSPS) is 13.6. The first-order valence-corrected chi connectivity index (χ1v) is 5.93. The molecule has 0 radical (unpaired) electrons. The first-order chi connectivity index (χ1) is 7.86. The number of alkyl halides is 3. The summed E-state index contributed by atoms with van der Waals surface area (Å²) >= 11 is 0.410. The van der Waals surface area contributed by atoms with E-state index in [1.165, 1.54) is 0 Å². The molecule has 0 saturated carbocycles. The van der Waals surface area contributed by atoms with Crippen molar-refractivity contribution in [1.82, 2.24) is 4.98 Å². The van der Waals surface area contributed by atoms with E-state index < -0.39 is 23.1 Å². The van der Waals surface area contributed by atoms with Gasteiger partial charge in [-0.1, -0.05) is 19.8 Å². The van der Waals surface area contributed by atoms with Gasteiger partial charge in [-0.3, -0.25) is 4.79 Å². The number of nitrogens with zero attached hydrogens (tertiary/aromatic N) is 1. The highest BCUT2D eigenvalue weighted by Gasteiger charge is 2.36. The van der Waals surface area contributed by atoms with E-state index in [2.05, 4.69) is 4.98 Å². The second kappa shape index (κ2) is 5.48. The topological polar surface area (TPSA) is 50.2 Å². The fraction of sp³-hybridized carbons (Fsp3) is 0.600. The highest BCUT2D eigenvalue weighted by molar-refractivity contribution is 7.11. The summed E-state index contributed by atoms with van der Waals surface area (Å²) < 4.78 is 37.0. The summed E-state index contributed by atoms with van der Waals surface area (Å²) in [5.41, 5.74) is 0. The third kappa shape index (κ3) is 3.69. The zero-order chi connectivity index (χ0) is 13.1. The molecule has 1 atom stereocenters. The first kappa shape index (κ1) is 14.0. The molecule has 1 aromatic heterocycles. The molecule has 1 N–H and O–H groups in total. The summed E-state index contributed by atoms with van der Waals surface area (Å²) in [6.45, 7) is 1.90. The molecule has 0 amide bonds. The van der Waals surface area contributed by atoms with Crippen molar-refractivity contribution in [2.75, 3.05) is 0 Å². The van der Waals surface area contributed by atoms with Crippen LogP contribution in [0.15, 0.2) is 6.20 Å². The van der Waals surface area contributed by atoms with Gasteiger partial charge in [0.2, 0.25) is 0 Å². The maximum absolute atomic E-state index is 12.3. The van der Waals surface area contributed by atoms with Crippen molar-refractivity contribution in [3.05, 3.63) is 16.1 Å². The Kier molecular flexibility index (Phi) is 4.50. The summed E-state index contributed by atoms with van der Waals surface area (Å²) in [6, 6.07) is 0. The lowest BCUT2D eigenvalue weighted by Gasteiger charge is -2.08. The Labute approximate surface area is 100 Å². The van der Waals surface area contributed by atoms with Gasteiger partial charge < -0.3 is 5.11 Å². The maximum Gasteiger partial charge on any atom is 0.443 e. The molecule has 1 aromatic rings. The second-order valence-corrected chi connectivity index (χ2v) is 4.66. The number of hydrogen-bond acceptors (Lipinski definition) is 3. The van der Waals surface area contributed by atoms with Crippen molar-refractivity contribution in [3.63, 3.8) is 0 Å². The van der Waals surface area contributed by atoms with Crippen molar-refractivity contribution in [2.45, 2.75) is 38.3 Å². The van der Waals surface area contributed by atoms with E-state index in [4.69, 9.17) is 5.11 Å². The van der Waals surface area contributed by atoms with Gasteiger partial charge in [0.25, 0.3) is 0 Å². The maximum atomic E-state index is 12.3. The molecule has 17 heavy (non-hydrogen) atoms. The molecule has 1 heterocycles. The minimum absolute atomic E-state index is 0.165. The standard InChI is InChI=1S/C10H12F3NO2S/c1-2-3-4-6(8(15)16)7-5-14-9(17-7)10(11,12)13/h5-6H,2-4H2,1H3,(H,15,16). The van der Waals surface area contributed by atoms with Crippen LogP contribution in [0.1, 0.15) is 42.0 Å². The Hall–Kier alpha value is -1.11. The lowest BCUT2D eigenvalue weighted by Crippen LogP contribution is -2.10. The quantitative estimate of drug-likeness (QED) is 0.888. The van der Waals surface area contributed by atoms with Crippen LogP contribution in [0.25, 0.3) is 0 Å². The molecule has 3 nitrogen and oxygen atoms in total. The minimum atomic E-state index is -4.50. The number of rotatable bonds is 5. The van der Waals surface area contributed by atoms with E-state index in [0.717, 1.165) is 12.6 Å². The number of carboxylic acids is 1. The molecule has 0 saturated heterocycles. The third-order valence-electron chi connectivity index (χ3n) is 2.25. The van der Waals surface area contributed by atoms with Gasteiger partial charge in [0.05, 0.1) is 5.92 Å². The first-order valence-electron chi connectivity index (χ1n) is 5.12. The van der Waals surface area contributed by atoms with Crippen LogP contribution in [0, 0.1) is 0 Å². The van der Waals surface area contributed by atoms with Crippen molar-refractivity contribution >= 4 is 17.3 Å². The van der Waals surface area contributed by atoms with Crippen LogP contribution >= 0.6 is 11.3 Å². The second-order valence-electron chi connectivity index (χ2n) is 3.60. The monoisotopic (exact) mass is 267 g/mol. The molecule has 0 aromatic carbocycles. The van der Waals surface area contributed by atoms with Crippen molar-refractivity contribution in [2.24, 2.45) is 0 Å². The van der Waals surface area contributed by atoms with E-state index in [9.17, 15) is 18.0 Å². The summed E-state index contributed by atoms with van der Waals surface area (Å²) in [5, 5.41) is 7.97. The summed E-state index contributed by atoms with van der Waals surface area (Å²) in [7, 11) is 0. The van der Waals surface area contributed by atoms with Crippen LogP contribution in [0.2, 0.25) is 0 Å². The van der Waals surface area contributed by atoms with Crippen LogP contribution < -0.4 is 0 Å². The van der Waals surface area contributed by atoms with Gasteiger partial charge in [-0.05, 0) is 6.42 Å². The van der Waals surface area contributed by atoms with Gasteiger partial charge in [0, 0.05) is 11.1 Å². The molecule has 1 unspecified atom stereocenters. The molecule has 0 aliphatic rings. The Morgan fingerprint density at radius 1 is 1.59 bits per heavy atom. The Morgan fingerprint density at radius 2 is 2.24 bits per heavy atom. The Morgan fingerprint density at radius 3 is 2.65 bits per heavy atom. The van der Waals surface area contributed by atoms with Gasteiger partial charge >= 0.3 is 12.1 Å². The molecule has 0 aliphatic carbocycles. The number of unbranched alkanes of at least 4 members (excludes halogenated alkanes) is 1. The molecule has 0 bridgehead atoms. The Bertz CT molecular complexity index is 389. The van der Waals surface area contributed by atoms with Crippen LogP contribution in [0.5, 0.6) is 0 Å². The predicted octanol–water partition coefficient (Wildman–Crippen LogP) is 3.52. The van der Waals surface area contributed by atoms with E-state index in [1.54, 1.807) is 0 Å². The lowest BCUT2D eigenvalue weighted by atomic mass is 10.0. The summed E-state index contributed by atoms with van der Waals surface area (Å²) in [6.07, 6.45) is -1.69. The smallest absolute Gasteiger partial charge is 0.443 e. The minimum Gasteiger partial charge on any atom is -0.481 e. The predicted molar refractivity (Wildman–Crippen MR) is 57.0 cm³/mol. The van der Waals surface area contributed by atoms with E-state index >= 15 is 0 Å². The highest BCUT2D eigenvalue weighted by Crippen LogP contribution is 2.36. The van der Waals surface area contributed by atoms with Crippen LogP contribution in [0.3, 0.4) is 0 Å². The van der Waals surface area contributed by atoms with Crippen LogP contribution in [-0.2, 0) is 11.0 Å². The van der Waals surface area contributed by atoms with Crippen LogP contribution in [0.4, 0.5) is 13.2 Å². The third-order valence-corrected chi connectivity index (χ3v) is 3.41. The van der Waals surface area contributed by atoms with Gasteiger partial charge in [-0.2, -0.15) is 13.2 Å². The number of carbonyl (C=O) groups is 1. The average Bonchev–Trinajstić information content (AvgIpc) is 2.66. The number of aliphatic carboxylic acids is 1. The molecule has 7 heteroatoms. The summed E-state index contributed by atoms with van der Waals surface area (Å²) in [5.74, 6) is -1.99.